The van der Waals surface area contributed by atoms with Crippen molar-refractivity contribution >= 4 is 29.2 Å². The number of rotatable bonds is 3. The van der Waals surface area contributed by atoms with E-state index in [1.54, 1.807) is 36.8 Å². The number of hydrogen-bond acceptors (Lipinski definition) is 3. The van der Waals surface area contributed by atoms with Crippen molar-refractivity contribution in [1.82, 2.24) is 10.4 Å². The van der Waals surface area contributed by atoms with Gasteiger partial charge < -0.3 is 5.32 Å². The number of pyridine rings is 1. The van der Waals surface area contributed by atoms with Gasteiger partial charge in [-0.25, -0.2) is 4.39 Å². The molecular weight excluding hydrogens is 263 g/mol. The van der Waals surface area contributed by atoms with E-state index in [-0.39, 0.29) is 5.82 Å². The summed E-state index contributed by atoms with van der Waals surface area (Å²) < 4.78 is 12.7. The molecule has 1 aromatic heterocycles. The van der Waals surface area contributed by atoms with Crippen LogP contribution in [0.15, 0.2) is 53.9 Å². The van der Waals surface area contributed by atoms with E-state index in [9.17, 15) is 4.39 Å². The fourth-order valence-corrected chi connectivity index (χ4v) is 1.48. The van der Waals surface area contributed by atoms with Gasteiger partial charge in [0, 0.05) is 6.20 Å². The number of anilines is 1. The van der Waals surface area contributed by atoms with Gasteiger partial charge in [-0.1, -0.05) is 12.1 Å². The summed E-state index contributed by atoms with van der Waals surface area (Å²) in [6.07, 6.45) is 4.88. The van der Waals surface area contributed by atoms with Gasteiger partial charge in [0.1, 0.15) is 5.82 Å². The SMILES string of the molecule is Fc1ccc(/C=N\NC(=S)Nc2cccnc2)cc1. The van der Waals surface area contributed by atoms with Crippen LogP contribution in [0.1, 0.15) is 5.56 Å². The van der Waals surface area contributed by atoms with Crippen LogP contribution in [0.5, 0.6) is 0 Å². The van der Waals surface area contributed by atoms with Crippen molar-refractivity contribution in [2.24, 2.45) is 5.10 Å². The average molecular weight is 274 g/mol. The second-order valence-corrected chi connectivity index (χ2v) is 4.03. The van der Waals surface area contributed by atoms with Crippen LogP contribution < -0.4 is 10.7 Å². The lowest BCUT2D eigenvalue weighted by atomic mass is 10.2. The number of nitrogens with zero attached hydrogens (tertiary/aromatic N) is 2. The van der Waals surface area contributed by atoms with Crippen LogP contribution in [0.25, 0.3) is 0 Å². The number of halogens is 1. The van der Waals surface area contributed by atoms with E-state index in [0.29, 0.717) is 5.11 Å². The van der Waals surface area contributed by atoms with Crippen LogP contribution in [-0.2, 0) is 0 Å². The molecule has 0 fully saturated rings. The Labute approximate surface area is 115 Å². The van der Waals surface area contributed by atoms with E-state index in [1.165, 1.54) is 12.1 Å². The monoisotopic (exact) mass is 274 g/mol. The molecule has 19 heavy (non-hydrogen) atoms. The van der Waals surface area contributed by atoms with E-state index in [0.717, 1.165) is 11.3 Å². The Balaban J connectivity index is 1.85. The van der Waals surface area contributed by atoms with Crippen LogP contribution in [0, 0.1) is 5.82 Å². The normalized spacial score (nSPS) is 10.4. The molecule has 6 heteroatoms. The van der Waals surface area contributed by atoms with E-state index < -0.39 is 0 Å². The molecule has 0 aliphatic rings. The summed E-state index contributed by atoms with van der Waals surface area (Å²) in [5.74, 6) is -0.279. The Kier molecular flexibility index (Phi) is 4.52. The smallest absolute Gasteiger partial charge is 0.191 e. The van der Waals surface area contributed by atoms with E-state index in [4.69, 9.17) is 12.2 Å². The maximum Gasteiger partial charge on any atom is 0.191 e. The molecule has 2 N–H and O–H groups in total. The van der Waals surface area contributed by atoms with E-state index in [2.05, 4.69) is 20.8 Å². The number of benzene rings is 1. The summed E-state index contributed by atoms with van der Waals surface area (Å²) in [5, 5.41) is 7.22. The van der Waals surface area contributed by atoms with Crippen LogP contribution in [0.2, 0.25) is 0 Å². The Morgan fingerprint density at radius 3 is 2.74 bits per heavy atom. The average Bonchev–Trinajstić information content (AvgIpc) is 2.42. The maximum absolute atomic E-state index is 12.7. The van der Waals surface area contributed by atoms with Crippen molar-refractivity contribution in [3.63, 3.8) is 0 Å². The first-order chi connectivity index (χ1) is 9.24. The van der Waals surface area contributed by atoms with Crippen molar-refractivity contribution in [1.29, 1.82) is 0 Å². The van der Waals surface area contributed by atoms with Gasteiger partial charge in [-0.3, -0.25) is 10.4 Å². The van der Waals surface area contributed by atoms with Crippen LogP contribution in [0.4, 0.5) is 10.1 Å². The molecule has 96 valence electrons. The molecular formula is C13H11FN4S. The third-order valence-electron chi connectivity index (χ3n) is 2.17. The van der Waals surface area contributed by atoms with Gasteiger partial charge in [0.25, 0.3) is 0 Å². The van der Waals surface area contributed by atoms with Crippen molar-refractivity contribution in [2.45, 2.75) is 0 Å². The first-order valence-electron chi connectivity index (χ1n) is 5.50. The quantitative estimate of drug-likeness (QED) is 0.513. The zero-order chi connectivity index (χ0) is 13.5. The van der Waals surface area contributed by atoms with Crippen molar-refractivity contribution in [3.8, 4) is 0 Å². The maximum atomic E-state index is 12.7. The van der Waals surface area contributed by atoms with Gasteiger partial charge in [0.15, 0.2) is 5.11 Å². The standard InChI is InChI=1S/C13H11FN4S/c14-11-5-3-10(4-6-11)8-16-18-13(19)17-12-2-1-7-15-9-12/h1-9H,(H2,17,18,19)/b16-8-. The summed E-state index contributed by atoms with van der Waals surface area (Å²) in [6.45, 7) is 0. The highest BCUT2D eigenvalue weighted by molar-refractivity contribution is 7.80. The Morgan fingerprint density at radius 1 is 1.26 bits per heavy atom. The second kappa shape index (κ2) is 6.55. The first-order valence-corrected chi connectivity index (χ1v) is 5.90. The molecule has 0 spiro atoms. The third kappa shape index (κ3) is 4.44. The van der Waals surface area contributed by atoms with Crippen LogP contribution in [0.3, 0.4) is 0 Å². The number of nitrogens with one attached hydrogen (secondary N) is 2. The zero-order valence-corrected chi connectivity index (χ0v) is 10.7. The molecule has 2 rings (SSSR count). The van der Waals surface area contributed by atoms with Gasteiger partial charge in [-0.2, -0.15) is 5.10 Å². The minimum absolute atomic E-state index is 0.279. The van der Waals surface area contributed by atoms with Gasteiger partial charge in [0.2, 0.25) is 0 Å². The summed E-state index contributed by atoms with van der Waals surface area (Å²) >= 11 is 5.05. The Bertz CT molecular complexity index is 569. The molecule has 0 atom stereocenters. The lowest BCUT2D eigenvalue weighted by molar-refractivity contribution is 0.628. The molecule has 0 saturated heterocycles. The summed E-state index contributed by atoms with van der Waals surface area (Å²) in [4.78, 5) is 3.95. The lowest BCUT2D eigenvalue weighted by Crippen LogP contribution is -2.23. The van der Waals surface area contributed by atoms with Crippen molar-refractivity contribution in [3.05, 3.63) is 60.2 Å². The largest absolute Gasteiger partial charge is 0.330 e. The number of hydrogen-bond donors (Lipinski definition) is 2. The molecule has 0 aliphatic carbocycles. The molecule has 0 unspecified atom stereocenters. The fourth-order valence-electron chi connectivity index (χ4n) is 1.31. The van der Waals surface area contributed by atoms with Crippen molar-refractivity contribution in [2.75, 3.05) is 5.32 Å². The minimum atomic E-state index is -0.279. The molecule has 0 bridgehead atoms. The third-order valence-corrected chi connectivity index (χ3v) is 2.36. The van der Waals surface area contributed by atoms with Crippen LogP contribution in [-0.4, -0.2) is 16.3 Å². The molecule has 0 saturated carbocycles. The predicted molar refractivity (Wildman–Crippen MR) is 77.6 cm³/mol. The Hall–Kier alpha value is -2.34. The summed E-state index contributed by atoms with van der Waals surface area (Å²) in [6, 6.07) is 9.62. The highest BCUT2D eigenvalue weighted by Crippen LogP contribution is 2.02. The molecule has 4 nitrogen and oxygen atoms in total. The number of aromatic nitrogens is 1. The molecule has 0 radical (unpaired) electrons. The molecule has 1 aromatic carbocycles. The topological polar surface area (TPSA) is 49.3 Å². The van der Waals surface area contributed by atoms with Gasteiger partial charge in [0.05, 0.1) is 18.1 Å². The number of thiocarbonyl (C=S) groups is 1. The second-order valence-electron chi connectivity index (χ2n) is 3.62. The molecule has 0 amide bonds. The fraction of sp³-hybridized carbons (Fsp3) is 0. The summed E-state index contributed by atoms with van der Waals surface area (Å²) in [7, 11) is 0. The van der Waals surface area contributed by atoms with E-state index >= 15 is 0 Å². The lowest BCUT2D eigenvalue weighted by Gasteiger charge is -2.05. The Morgan fingerprint density at radius 2 is 2.05 bits per heavy atom. The van der Waals surface area contributed by atoms with Gasteiger partial charge >= 0.3 is 0 Å². The van der Waals surface area contributed by atoms with Crippen molar-refractivity contribution < 1.29 is 4.39 Å². The zero-order valence-electron chi connectivity index (χ0n) is 9.88. The molecule has 2 aromatic rings. The summed E-state index contributed by atoms with van der Waals surface area (Å²) in [5.41, 5.74) is 4.21. The molecule has 0 aliphatic heterocycles. The van der Waals surface area contributed by atoms with Gasteiger partial charge in [-0.15, -0.1) is 0 Å². The predicted octanol–water partition coefficient (Wildman–Crippen LogP) is 2.54. The highest BCUT2D eigenvalue weighted by Gasteiger charge is 1.95. The van der Waals surface area contributed by atoms with E-state index in [1.807, 2.05) is 6.07 Å². The minimum Gasteiger partial charge on any atom is -0.330 e. The number of hydrazone groups is 1. The van der Waals surface area contributed by atoms with Crippen LogP contribution >= 0.6 is 12.2 Å². The molecule has 1 heterocycles. The first kappa shape index (κ1) is 13.1. The highest BCUT2D eigenvalue weighted by atomic mass is 32.1. The van der Waals surface area contributed by atoms with Gasteiger partial charge in [-0.05, 0) is 42.0 Å².